The van der Waals surface area contributed by atoms with Crippen molar-refractivity contribution in [2.75, 3.05) is 48.8 Å². The third-order valence-corrected chi connectivity index (χ3v) is 5.66. The number of halogens is 1. The molecule has 1 aliphatic rings. The summed E-state index contributed by atoms with van der Waals surface area (Å²) in [5.74, 6) is 1.39. The summed E-state index contributed by atoms with van der Waals surface area (Å²) in [6, 6.07) is 17.5. The van der Waals surface area contributed by atoms with E-state index >= 15 is 0 Å². The summed E-state index contributed by atoms with van der Waals surface area (Å²) in [7, 11) is 1.57. The topological polar surface area (TPSA) is 86.8 Å². The maximum atomic E-state index is 12.7. The molecule has 0 atom stereocenters. The van der Waals surface area contributed by atoms with E-state index in [2.05, 4.69) is 20.5 Å². The number of piperazine rings is 1. The summed E-state index contributed by atoms with van der Waals surface area (Å²) in [5.41, 5.74) is 1.72. The van der Waals surface area contributed by atoms with Crippen LogP contribution in [0.3, 0.4) is 0 Å². The molecule has 1 saturated heterocycles. The predicted octanol–water partition coefficient (Wildman–Crippen LogP) is 4.35. The molecule has 33 heavy (non-hydrogen) atoms. The Bertz CT molecular complexity index is 1130. The molecule has 2 heterocycles. The van der Waals surface area contributed by atoms with Crippen molar-refractivity contribution < 1.29 is 14.3 Å². The number of benzene rings is 2. The van der Waals surface area contributed by atoms with Crippen LogP contribution in [0.25, 0.3) is 0 Å². The highest BCUT2D eigenvalue weighted by molar-refractivity contribution is 6.33. The Morgan fingerprint density at radius 2 is 1.70 bits per heavy atom. The number of hydrogen-bond donors (Lipinski definition) is 2. The SMILES string of the molecule is COc1cccc(NC(=O)Nc2ccc(N3CCN(C(=O)c4ccccc4Cl)CC3)nc2)c1. The van der Waals surface area contributed by atoms with Gasteiger partial charge in [0.25, 0.3) is 5.91 Å². The molecule has 2 N–H and O–H groups in total. The van der Waals surface area contributed by atoms with Crippen LogP contribution < -0.4 is 20.3 Å². The number of anilines is 3. The van der Waals surface area contributed by atoms with Gasteiger partial charge in [-0.3, -0.25) is 4.79 Å². The van der Waals surface area contributed by atoms with E-state index in [-0.39, 0.29) is 11.9 Å². The summed E-state index contributed by atoms with van der Waals surface area (Å²) in [6.45, 7) is 2.47. The Labute approximate surface area is 197 Å². The molecule has 4 rings (SSSR count). The zero-order valence-corrected chi connectivity index (χ0v) is 18.9. The van der Waals surface area contributed by atoms with Crippen molar-refractivity contribution in [1.29, 1.82) is 0 Å². The quantitative estimate of drug-likeness (QED) is 0.585. The van der Waals surface area contributed by atoms with Crippen LogP contribution in [0.4, 0.5) is 22.0 Å². The summed E-state index contributed by atoms with van der Waals surface area (Å²) in [5, 5.41) is 5.99. The smallest absolute Gasteiger partial charge is 0.323 e. The van der Waals surface area contributed by atoms with Crippen molar-refractivity contribution in [3.63, 3.8) is 0 Å². The maximum Gasteiger partial charge on any atom is 0.323 e. The minimum absolute atomic E-state index is 0.0604. The zero-order chi connectivity index (χ0) is 23.2. The third-order valence-electron chi connectivity index (χ3n) is 5.33. The Morgan fingerprint density at radius 1 is 0.939 bits per heavy atom. The van der Waals surface area contributed by atoms with E-state index < -0.39 is 0 Å². The molecule has 1 aromatic heterocycles. The predicted molar refractivity (Wildman–Crippen MR) is 129 cm³/mol. The van der Waals surface area contributed by atoms with Crippen LogP contribution >= 0.6 is 11.6 Å². The fourth-order valence-corrected chi connectivity index (χ4v) is 3.80. The van der Waals surface area contributed by atoms with E-state index in [0.717, 1.165) is 5.82 Å². The van der Waals surface area contributed by atoms with Gasteiger partial charge in [-0.15, -0.1) is 0 Å². The van der Waals surface area contributed by atoms with Gasteiger partial charge in [0.15, 0.2) is 0 Å². The minimum atomic E-state index is -0.371. The molecule has 9 heteroatoms. The van der Waals surface area contributed by atoms with Gasteiger partial charge in [-0.2, -0.15) is 0 Å². The van der Waals surface area contributed by atoms with Crippen molar-refractivity contribution in [1.82, 2.24) is 9.88 Å². The first-order valence-electron chi connectivity index (χ1n) is 10.5. The Morgan fingerprint density at radius 3 is 2.39 bits per heavy atom. The number of aromatic nitrogens is 1. The minimum Gasteiger partial charge on any atom is -0.497 e. The second-order valence-corrected chi connectivity index (χ2v) is 7.88. The van der Waals surface area contributed by atoms with E-state index in [0.29, 0.717) is 53.9 Å². The number of carbonyl (C=O) groups is 2. The number of amides is 3. The maximum absolute atomic E-state index is 12.7. The molecule has 1 fully saturated rings. The van der Waals surface area contributed by atoms with Gasteiger partial charge in [0.05, 0.1) is 29.6 Å². The molecular formula is C24H24ClN5O3. The largest absolute Gasteiger partial charge is 0.497 e. The fraction of sp³-hybridized carbons (Fsp3) is 0.208. The highest BCUT2D eigenvalue weighted by atomic mass is 35.5. The van der Waals surface area contributed by atoms with Crippen LogP contribution in [0.5, 0.6) is 5.75 Å². The second-order valence-electron chi connectivity index (χ2n) is 7.48. The average Bonchev–Trinajstić information content (AvgIpc) is 2.84. The molecular weight excluding hydrogens is 442 g/mol. The molecule has 0 saturated carbocycles. The van der Waals surface area contributed by atoms with Crippen LogP contribution in [0.1, 0.15) is 10.4 Å². The van der Waals surface area contributed by atoms with Gasteiger partial charge in [0.1, 0.15) is 11.6 Å². The molecule has 0 radical (unpaired) electrons. The number of methoxy groups -OCH3 is 1. The van der Waals surface area contributed by atoms with Gasteiger partial charge in [0, 0.05) is 37.9 Å². The van der Waals surface area contributed by atoms with E-state index in [1.54, 1.807) is 60.7 Å². The van der Waals surface area contributed by atoms with Crippen LogP contribution in [0.2, 0.25) is 5.02 Å². The Balaban J connectivity index is 1.30. The summed E-state index contributed by atoms with van der Waals surface area (Å²) in [4.78, 5) is 33.4. The van der Waals surface area contributed by atoms with Crippen LogP contribution in [-0.2, 0) is 0 Å². The molecule has 2 aromatic carbocycles. The fourth-order valence-electron chi connectivity index (χ4n) is 3.58. The first-order chi connectivity index (χ1) is 16.0. The molecule has 0 bridgehead atoms. The van der Waals surface area contributed by atoms with Gasteiger partial charge in [-0.25, -0.2) is 9.78 Å². The molecule has 8 nitrogen and oxygen atoms in total. The Hall–Kier alpha value is -3.78. The molecule has 1 aliphatic heterocycles. The number of rotatable bonds is 5. The molecule has 0 aliphatic carbocycles. The lowest BCUT2D eigenvalue weighted by atomic mass is 10.2. The zero-order valence-electron chi connectivity index (χ0n) is 18.1. The van der Waals surface area contributed by atoms with Crippen molar-refractivity contribution in [3.8, 4) is 5.75 Å². The number of nitrogens with one attached hydrogen (secondary N) is 2. The molecule has 170 valence electrons. The van der Waals surface area contributed by atoms with Gasteiger partial charge >= 0.3 is 6.03 Å². The lowest BCUT2D eigenvalue weighted by molar-refractivity contribution is 0.0746. The lowest BCUT2D eigenvalue weighted by Gasteiger charge is -2.35. The van der Waals surface area contributed by atoms with E-state index in [4.69, 9.17) is 16.3 Å². The normalized spacial score (nSPS) is 13.4. The summed E-state index contributed by atoms with van der Waals surface area (Å²) >= 11 is 6.16. The molecule has 0 spiro atoms. The molecule has 0 unspecified atom stereocenters. The first-order valence-corrected chi connectivity index (χ1v) is 10.9. The monoisotopic (exact) mass is 465 g/mol. The van der Waals surface area contributed by atoms with E-state index in [9.17, 15) is 9.59 Å². The Kier molecular flexibility index (Phi) is 6.95. The van der Waals surface area contributed by atoms with Crippen molar-refractivity contribution >= 4 is 40.7 Å². The standard InChI is InChI=1S/C24H24ClN5O3/c1-33-19-6-4-5-17(15-19)27-24(32)28-18-9-10-22(26-16-18)29-11-13-30(14-12-29)23(31)20-7-2-3-8-21(20)25/h2-10,15-16H,11-14H2,1H3,(H2,27,28,32). The van der Waals surface area contributed by atoms with Crippen molar-refractivity contribution in [3.05, 3.63) is 77.4 Å². The van der Waals surface area contributed by atoms with Gasteiger partial charge in [-0.05, 0) is 36.4 Å². The number of ether oxygens (including phenoxy) is 1. The number of hydrogen-bond acceptors (Lipinski definition) is 5. The molecule has 3 aromatic rings. The number of pyridine rings is 1. The van der Waals surface area contributed by atoms with Crippen LogP contribution in [0, 0.1) is 0 Å². The van der Waals surface area contributed by atoms with Crippen molar-refractivity contribution in [2.45, 2.75) is 0 Å². The first kappa shape index (κ1) is 22.4. The second kappa shape index (κ2) is 10.2. The summed E-state index contributed by atoms with van der Waals surface area (Å²) in [6.07, 6.45) is 1.61. The van der Waals surface area contributed by atoms with Crippen LogP contribution in [0.15, 0.2) is 66.9 Å². The van der Waals surface area contributed by atoms with Crippen molar-refractivity contribution in [2.24, 2.45) is 0 Å². The highest BCUT2D eigenvalue weighted by Crippen LogP contribution is 2.21. The molecule has 3 amide bonds. The average molecular weight is 466 g/mol. The lowest BCUT2D eigenvalue weighted by Crippen LogP contribution is -2.49. The van der Waals surface area contributed by atoms with E-state index in [1.165, 1.54) is 0 Å². The van der Waals surface area contributed by atoms with Crippen LogP contribution in [-0.4, -0.2) is 55.1 Å². The number of nitrogens with zero attached hydrogens (tertiary/aromatic N) is 3. The highest BCUT2D eigenvalue weighted by Gasteiger charge is 2.24. The van der Waals surface area contributed by atoms with Gasteiger partial charge < -0.3 is 25.2 Å². The van der Waals surface area contributed by atoms with E-state index in [1.807, 2.05) is 18.2 Å². The van der Waals surface area contributed by atoms with Gasteiger partial charge in [-0.1, -0.05) is 29.8 Å². The van der Waals surface area contributed by atoms with Gasteiger partial charge in [0.2, 0.25) is 0 Å². The number of carbonyl (C=O) groups excluding carboxylic acids is 2. The third kappa shape index (κ3) is 5.53. The number of urea groups is 1. The summed E-state index contributed by atoms with van der Waals surface area (Å²) < 4.78 is 5.16.